The Labute approximate surface area is 315 Å². The summed E-state index contributed by atoms with van der Waals surface area (Å²) in [6, 6.07) is 12.7. The summed E-state index contributed by atoms with van der Waals surface area (Å²) in [4.78, 5) is 93.9. The Balaban J connectivity index is 1.74. The molecule has 0 spiro atoms. The summed E-state index contributed by atoms with van der Waals surface area (Å²) in [7, 11) is 0. The molecule has 5 unspecified atom stereocenters. The molecule has 0 bridgehead atoms. The summed E-state index contributed by atoms with van der Waals surface area (Å²) in [5.74, 6) is -8.99. The number of rotatable bonds is 22. The Morgan fingerprint density at radius 3 is 2.15 bits per heavy atom. The second kappa shape index (κ2) is 20.6. The first-order valence-corrected chi connectivity index (χ1v) is 18.1. The molecule has 16 heteroatoms. The third kappa shape index (κ3) is 13.8. The van der Waals surface area contributed by atoms with E-state index in [1.54, 1.807) is 42.5 Å². The maximum atomic E-state index is 13.6. The molecule has 0 aliphatic rings. The normalized spacial score (nSPS) is 13.9. The molecular weight excluding hydrogens is 721 g/mol. The van der Waals surface area contributed by atoms with Crippen molar-refractivity contribution < 1.29 is 53.6 Å². The van der Waals surface area contributed by atoms with Crippen LogP contribution in [0.4, 0.5) is 0 Å². The van der Waals surface area contributed by atoms with Gasteiger partial charge in [0.25, 0.3) is 0 Å². The van der Waals surface area contributed by atoms with Gasteiger partial charge in [-0.2, -0.15) is 5.26 Å². The van der Waals surface area contributed by atoms with Crippen molar-refractivity contribution in [1.82, 2.24) is 15.6 Å². The number of thiazole rings is 1. The zero-order valence-electron chi connectivity index (χ0n) is 30.2. The summed E-state index contributed by atoms with van der Waals surface area (Å²) >= 11 is 1.16. The molecule has 2 amide bonds. The first kappa shape index (κ1) is 42.9. The Kier molecular flexibility index (Phi) is 16.4. The number of nitrogens with one attached hydrogen (secondary N) is 2. The molecule has 0 saturated heterocycles. The van der Waals surface area contributed by atoms with Crippen LogP contribution in [0, 0.1) is 29.1 Å². The minimum Gasteiger partial charge on any atom is -0.481 e. The van der Waals surface area contributed by atoms with Gasteiger partial charge in [0.1, 0.15) is 12.7 Å². The second-order valence-corrected chi connectivity index (χ2v) is 14.5. The fourth-order valence-corrected chi connectivity index (χ4v) is 6.46. The largest absolute Gasteiger partial charge is 0.481 e. The van der Waals surface area contributed by atoms with E-state index >= 15 is 0 Å². The van der Waals surface area contributed by atoms with Gasteiger partial charge in [-0.05, 0) is 48.9 Å². The molecule has 0 saturated carbocycles. The number of carbonyl (C=O) groups is 7. The minimum absolute atomic E-state index is 0.0103. The molecular formula is C38H44N4O11S. The van der Waals surface area contributed by atoms with Crippen molar-refractivity contribution in [2.75, 3.05) is 0 Å². The lowest BCUT2D eigenvalue weighted by Crippen LogP contribution is -2.50. The van der Waals surface area contributed by atoms with Crippen molar-refractivity contribution >= 4 is 62.8 Å². The van der Waals surface area contributed by atoms with Gasteiger partial charge in [-0.1, -0.05) is 50.2 Å². The van der Waals surface area contributed by atoms with Gasteiger partial charge >= 0.3 is 17.9 Å². The number of carboxylic acid groups (broad SMARTS) is 2. The smallest absolute Gasteiger partial charge is 0.306 e. The molecule has 15 nitrogen and oxygen atoms in total. The number of esters is 1. The van der Waals surface area contributed by atoms with E-state index < -0.39 is 90.6 Å². The number of carboxylic acids is 2. The molecule has 54 heavy (non-hydrogen) atoms. The van der Waals surface area contributed by atoms with E-state index in [0.29, 0.717) is 15.8 Å². The molecule has 0 aliphatic carbocycles. The quantitative estimate of drug-likeness (QED) is 0.0922. The average Bonchev–Trinajstić information content (AvgIpc) is 3.53. The van der Waals surface area contributed by atoms with Crippen LogP contribution in [-0.2, 0) is 51.3 Å². The predicted octanol–water partition coefficient (Wildman–Crippen LogP) is 3.34. The number of Topliss-reactive ketones (excluding diaryl/α,β-unsaturated/α-hetero) is 2. The van der Waals surface area contributed by atoms with Crippen LogP contribution in [0.1, 0.15) is 75.4 Å². The molecule has 0 radical (unpaired) electrons. The average molecular weight is 765 g/mol. The summed E-state index contributed by atoms with van der Waals surface area (Å²) in [5.41, 5.74) is 1.66. The number of aliphatic hydroxyl groups excluding tert-OH is 1. The Morgan fingerprint density at radius 1 is 0.852 bits per heavy atom. The van der Waals surface area contributed by atoms with Crippen LogP contribution in [0.3, 0.4) is 0 Å². The number of aliphatic hydroxyl groups is 1. The van der Waals surface area contributed by atoms with Gasteiger partial charge in [-0.25, -0.2) is 4.98 Å². The number of aromatic nitrogens is 1. The lowest BCUT2D eigenvalue weighted by Gasteiger charge is -2.26. The first-order chi connectivity index (χ1) is 25.6. The van der Waals surface area contributed by atoms with E-state index in [2.05, 4.69) is 15.6 Å². The van der Waals surface area contributed by atoms with Gasteiger partial charge < -0.3 is 30.7 Å². The molecule has 5 N–H and O–H groups in total. The fraction of sp³-hybridized carbons (Fsp3) is 0.447. The van der Waals surface area contributed by atoms with Gasteiger partial charge in [0.15, 0.2) is 16.6 Å². The van der Waals surface area contributed by atoms with Crippen LogP contribution >= 0.6 is 11.3 Å². The number of hydrogen-bond acceptors (Lipinski definition) is 12. The maximum Gasteiger partial charge on any atom is 0.306 e. The lowest BCUT2D eigenvalue weighted by molar-refractivity contribution is -0.148. The van der Waals surface area contributed by atoms with Crippen molar-refractivity contribution in [3.05, 3.63) is 64.7 Å². The van der Waals surface area contributed by atoms with E-state index in [0.717, 1.165) is 16.9 Å². The number of hydrogen-bond donors (Lipinski definition) is 5. The van der Waals surface area contributed by atoms with Gasteiger partial charge in [0.05, 0.1) is 47.2 Å². The van der Waals surface area contributed by atoms with Crippen molar-refractivity contribution in [1.29, 1.82) is 5.26 Å². The van der Waals surface area contributed by atoms with E-state index in [1.807, 2.05) is 26.0 Å². The second-order valence-electron chi connectivity index (χ2n) is 13.4. The van der Waals surface area contributed by atoms with E-state index in [4.69, 9.17) is 10.00 Å². The van der Waals surface area contributed by atoms with Crippen LogP contribution in [0.25, 0.3) is 10.2 Å². The molecule has 1 heterocycles. The maximum absolute atomic E-state index is 13.6. The molecule has 3 rings (SSSR count). The van der Waals surface area contributed by atoms with Crippen LogP contribution in [0.15, 0.2) is 48.5 Å². The van der Waals surface area contributed by atoms with Gasteiger partial charge in [0.2, 0.25) is 11.8 Å². The summed E-state index contributed by atoms with van der Waals surface area (Å²) in [5, 5.41) is 43.6. The van der Waals surface area contributed by atoms with E-state index in [-0.39, 0.29) is 43.2 Å². The van der Waals surface area contributed by atoms with Crippen LogP contribution < -0.4 is 10.6 Å². The highest BCUT2D eigenvalue weighted by molar-refractivity contribution is 7.19. The third-order valence-corrected chi connectivity index (χ3v) is 9.43. The van der Waals surface area contributed by atoms with E-state index in [1.165, 1.54) is 6.92 Å². The Bertz CT molecular complexity index is 1870. The van der Waals surface area contributed by atoms with Crippen LogP contribution in [-0.4, -0.2) is 79.8 Å². The highest BCUT2D eigenvalue weighted by Crippen LogP contribution is 2.24. The zero-order chi connectivity index (χ0) is 39.9. The standard InChI is InChI=1S/C38H44N4O11S/c1-21(2)13-25(16-36(50)53-20-23-7-5-4-6-8-23)37(51)41-27(10-12-34(46)47)31(45)17-26(22(3)43)38(52)42-28(18-35(48)49)30(44)15-24-9-11-32-29(14-24)40-33(19-39)54-32/h4-9,11,14,21-22,25-28,43H,10,12-13,15-18,20H2,1-3H3,(H,41,51)(H,42,52)(H,46,47)(H,48,49). The fourth-order valence-electron chi connectivity index (χ4n) is 5.72. The molecule has 288 valence electrons. The number of amides is 2. The van der Waals surface area contributed by atoms with Gasteiger partial charge in [0, 0.05) is 25.2 Å². The number of fused-ring (bicyclic) bond motifs is 1. The highest BCUT2D eigenvalue weighted by atomic mass is 32.1. The third-order valence-electron chi connectivity index (χ3n) is 8.48. The van der Waals surface area contributed by atoms with Crippen molar-refractivity contribution in [2.45, 2.75) is 90.5 Å². The molecule has 5 atom stereocenters. The lowest BCUT2D eigenvalue weighted by atomic mass is 9.89. The summed E-state index contributed by atoms with van der Waals surface area (Å²) in [6.45, 7) is 4.88. The number of carbonyl (C=O) groups excluding carboxylic acids is 5. The zero-order valence-corrected chi connectivity index (χ0v) is 31.0. The van der Waals surface area contributed by atoms with Crippen molar-refractivity contribution in [3.63, 3.8) is 0 Å². The molecule has 0 fully saturated rings. The number of ether oxygens (including phenoxy) is 1. The molecule has 1 aromatic heterocycles. The van der Waals surface area contributed by atoms with Gasteiger partial charge in [-0.3, -0.25) is 33.6 Å². The molecule has 2 aromatic carbocycles. The topological polar surface area (TPSA) is 250 Å². The number of nitriles is 1. The van der Waals surface area contributed by atoms with Crippen molar-refractivity contribution in [2.24, 2.45) is 17.8 Å². The number of aliphatic carboxylic acids is 2. The van der Waals surface area contributed by atoms with Crippen LogP contribution in [0.2, 0.25) is 0 Å². The van der Waals surface area contributed by atoms with E-state index in [9.17, 15) is 48.9 Å². The Morgan fingerprint density at radius 2 is 1.54 bits per heavy atom. The number of ketones is 2. The number of nitrogens with zero attached hydrogens (tertiary/aromatic N) is 2. The summed E-state index contributed by atoms with van der Waals surface area (Å²) < 4.78 is 6.05. The van der Waals surface area contributed by atoms with Crippen molar-refractivity contribution in [3.8, 4) is 6.07 Å². The minimum atomic E-state index is -1.55. The molecule has 3 aromatic rings. The number of benzene rings is 2. The predicted molar refractivity (Wildman–Crippen MR) is 195 cm³/mol. The summed E-state index contributed by atoms with van der Waals surface area (Å²) in [6.07, 6.45) is -4.25. The monoisotopic (exact) mass is 764 g/mol. The van der Waals surface area contributed by atoms with Crippen LogP contribution in [0.5, 0.6) is 0 Å². The Hall–Kier alpha value is -5.53. The molecule has 0 aliphatic heterocycles. The SMILES string of the molecule is CC(C)CC(CC(=O)OCc1ccccc1)C(=O)NC(CCC(=O)O)C(=O)CC(C(=O)NC(CC(=O)O)C(=O)Cc1ccc2sc(C#N)nc2c1)C(C)O. The first-order valence-electron chi connectivity index (χ1n) is 17.3. The van der Waals surface area contributed by atoms with Gasteiger partial charge in [-0.15, -0.1) is 11.3 Å². The highest BCUT2D eigenvalue weighted by Gasteiger charge is 2.35.